The quantitative estimate of drug-likeness (QED) is 0.369. The smallest absolute Gasteiger partial charge is 0.254 e. The van der Waals surface area contributed by atoms with Crippen LogP contribution in [0.3, 0.4) is 0 Å². The van der Waals surface area contributed by atoms with E-state index >= 15 is 0 Å². The summed E-state index contributed by atoms with van der Waals surface area (Å²) in [7, 11) is 0. The molecular formula is C28H37N5O5. The van der Waals surface area contributed by atoms with Gasteiger partial charge in [0, 0.05) is 32.0 Å². The average molecular weight is 524 g/mol. The van der Waals surface area contributed by atoms with Crippen LogP contribution in [0, 0.1) is 5.92 Å². The fraction of sp³-hybridized carbons (Fsp3) is 0.571. The Balaban J connectivity index is 1.24. The van der Waals surface area contributed by atoms with E-state index < -0.39 is 6.04 Å². The first-order valence-electron chi connectivity index (χ1n) is 13.9. The largest absolute Gasteiger partial charge is 0.378 e. The zero-order valence-electron chi connectivity index (χ0n) is 21.8. The Morgan fingerprint density at radius 2 is 1.92 bits per heavy atom. The molecule has 4 aliphatic rings. The van der Waals surface area contributed by atoms with E-state index in [0.29, 0.717) is 49.8 Å². The van der Waals surface area contributed by atoms with E-state index in [4.69, 9.17) is 4.74 Å². The lowest BCUT2D eigenvalue weighted by atomic mass is 9.97. The zero-order valence-corrected chi connectivity index (χ0v) is 21.8. The maximum Gasteiger partial charge on any atom is 0.254 e. The van der Waals surface area contributed by atoms with Crippen molar-refractivity contribution in [3.05, 3.63) is 29.3 Å². The van der Waals surface area contributed by atoms with Crippen LogP contribution >= 0.6 is 0 Å². The molecule has 204 valence electrons. The Bertz CT molecular complexity index is 1120. The number of nitrogens with zero attached hydrogens (tertiary/aromatic N) is 1. The minimum absolute atomic E-state index is 0.0131. The Morgan fingerprint density at radius 1 is 1.11 bits per heavy atom. The van der Waals surface area contributed by atoms with Gasteiger partial charge in [0.15, 0.2) is 0 Å². The van der Waals surface area contributed by atoms with Crippen molar-refractivity contribution in [2.75, 3.05) is 48.4 Å². The molecule has 1 atom stereocenters. The summed E-state index contributed by atoms with van der Waals surface area (Å²) in [6.45, 7) is 2.96. The van der Waals surface area contributed by atoms with Crippen molar-refractivity contribution >= 4 is 40.7 Å². The van der Waals surface area contributed by atoms with Crippen molar-refractivity contribution in [3.8, 4) is 0 Å². The molecule has 2 fully saturated rings. The summed E-state index contributed by atoms with van der Waals surface area (Å²) in [5.74, 6) is -0.935. The normalized spacial score (nSPS) is 21.4. The van der Waals surface area contributed by atoms with Crippen LogP contribution < -0.4 is 26.2 Å². The van der Waals surface area contributed by atoms with Crippen LogP contribution in [0.5, 0.6) is 0 Å². The van der Waals surface area contributed by atoms with Gasteiger partial charge in [-0.3, -0.25) is 19.2 Å². The van der Waals surface area contributed by atoms with Crippen molar-refractivity contribution in [2.45, 2.75) is 63.8 Å². The number of allylic oxidation sites excluding steroid dienone is 1. The van der Waals surface area contributed by atoms with Gasteiger partial charge >= 0.3 is 0 Å². The number of fused-ring (bicyclic) bond motifs is 1. The second-order valence-electron chi connectivity index (χ2n) is 10.5. The molecule has 2 aliphatic carbocycles. The topological polar surface area (TPSA) is 129 Å². The fourth-order valence-corrected chi connectivity index (χ4v) is 5.21. The van der Waals surface area contributed by atoms with Crippen LogP contribution in [0.4, 0.5) is 17.1 Å². The third-order valence-corrected chi connectivity index (χ3v) is 7.63. The van der Waals surface area contributed by atoms with E-state index in [1.54, 1.807) is 12.1 Å². The van der Waals surface area contributed by atoms with Gasteiger partial charge in [-0.1, -0.05) is 11.6 Å². The number of morpholine rings is 1. The Kier molecular flexibility index (Phi) is 8.26. The van der Waals surface area contributed by atoms with Crippen molar-refractivity contribution in [2.24, 2.45) is 5.92 Å². The predicted octanol–water partition coefficient (Wildman–Crippen LogP) is 2.71. The van der Waals surface area contributed by atoms with E-state index in [2.05, 4.69) is 32.2 Å². The van der Waals surface area contributed by atoms with Gasteiger partial charge in [0.2, 0.25) is 17.7 Å². The molecular weight excluding hydrogens is 486 g/mol. The highest BCUT2D eigenvalue weighted by Gasteiger charge is 2.33. The van der Waals surface area contributed by atoms with Gasteiger partial charge in [0.05, 0.1) is 35.8 Å². The average Bonchev–Trinajstić information content (AvgIpc) is 3.78. The van der Waals surface area contributed by atoms with E-state index in [1.807, 2.05) is 0 Å². The second kappa shape index (κ2) is 12.0. The molecule has 10 heteroatoms. The Morgan fingerprint density at radius 3 is 2.66 bits per heavy atom. The van der Waals surface area contributed by atoms with Crippen LogP contribution in [-0.2, 0) is 19.1 Å². The molecule has 0 radical (unpaired) electrons. The number of ether oxygens (including phenoxy) is 1. The number of hydrogen-bond acceptors (Lipinski definition) is 6. The molecule has 1 aromatic rings. The standard InChI is InChI=1S/C28H37N5O5/c34-25(29-11-10-18-4-2-1-3-5-18)9-8-21-28(37)31-22-17-23(32-26(35)19-6-7-19)24(16-20(22)27(36)30-21)33-12-14-38-15-13-33/h4,16-17,19,21H,1-3,5-15H2,(H,29,34)(H,30,36)(H,31,37)(H,32,35)/t21-/m1/s1. The lowest BCUT2D eigenvalue weighted by molar-refractivity contribution is -0.122. The molecule has 4 N–H and O–H groups in total. The number of carbonyl (C=O) groups excluding carboxylic acids is 4. The first kappa shape index (κ1) is 26.2. The molecule has 1 saturated carbocycles. The lowest BCUT2D eigenvalue weighted by Gasteiger charge is -2.31. The highest BCUT2D eigenvalue weighted by Crippen LogP contribution is 2.37. The molecule has 0 aromatic heterocycles. The van der Waals surface area contributed by atoms with Crippen molar-refractivity contribution in [1.82, 2.24) is 10.6 Å². The summed E-state index contributed by atoms with van der Waals surface area (Å²) in [5, 5.41) is 11.6. The van der Waals surface area contributed by atoms with Gasteiger partial charge in [-0.2, -0.15) is 0 Å². The van der Waals surface area contributed by atoms with Crippen LogP contribution in [0.2, 0.25) is 0 Å². The monoisotopic (exact) mass is 523 g/mol. The zero-order chi connectivity index (χ0) is 26.5. The van der Waals surface area contributed by atoms with Gasteiger partial charge in [-0.25, -0.2) is 0 Å². The van der Waals surface area contributed by atoms with Crippen LogP contribution in [0.15, 0.2) is 23.8 Å². The number of amides is 4. The van der Waals surface area contributed by atoms with Gasteiger partial charge in [-0.05, 0) is 63.5 Å². The predicted molar refractivity (Wildman–Crippen MR) is 144 cm³/mol. The van der Waals surface area contributed by atoms with Crippen molar-refractivity contribution in [1.29, 1.82) is 0 Å². The summed E-state index contributed by atoms with van der Waals surface area (Å²) in [5.41, 5.74) is 3.38. The van der Waals surface area contributed by atoms with Crippen LogP contribution in [-0.4, -0.2) is 62.5 Å². The van der Waals surface area contributed by atoms with E-state index in [1.165, 1.54) is 18.4 Å². The first-order valence-corrected chi connectivity index (χ1v) is 13.9. The minimum Gasteiger partial charge on any atom is -0.378 e. The second-order valence-corrected chi connectivity index (χ2v) is 10.5. The maximum absolute atomic E-state index is 13.2. The van der Waals surface area contributed by atoms with E-state index in [9.17, 15) is 19.2 Å². The summed E-state index contributed by atoms with van der Waals surface area (Å²) in [6, 6.07) is 2.57. The maximum atomic E-state index is 13.2. The van der Waals surface area contributed by atoms with Gasteiger partial charge < -0.3 is 30.9 Å². The van der Waals surface area contributed by atoms with Gasteiger partial charge in [0.25, 0.3) is 5.91 Å². The van der Waals surface area contributed by atoms with E-state index in [-0.39, 0.29) is 42.4 Å². The number of hydrogen-bond donors (Lipinski definition) is 4. The summed E-state index contributed by atoms with van der Waals surface area (Å²) in [4.78, 5) is 53.3. The number of benzene rings is 1. The lowest BCUT2D eigenvalue weighted by Crippen LogP contribution is -2.42. The highest BCUT2D eigenvalue weighted by molar-refractivity contribution is 6.12. The summed E-state index contributed by atoms with van der Waals surface area (Å²) < 4.78 is 5.47. The summed E-state index contributed by atoms with van der Waals surface area (Å²) >= 11 is 0. The molecule has 0 bridgehead atoms. The van der Waals surface area contributed by atoms with Crippen LogP contribution in [0.1, 0.15) is 68.1 Å². The third kappa shape index (κ3) is 6.53. The minimum atomic E-state index is -0.835. The fourth-order valence-electron chi connectivity index (χ4n) is 5.21. The molecule has 0 unspecified atom stereocenters. The molecule has 0 spiro atoms. The van der Waals surface area contributed by atoms with E-state index in [0.717, 1.165) is 37.8 Å². The van der Waals surface area contributed by atoms with Gasteiger partial charge in [0.1, 0.15) is 6.04 Å². The number of anilines is 3. The van der Waals surface area contributed by atoms with Gasteiger partial charge in [-0.15, -0.1) is 0 Å². The van der Waals surface area contributed by atoms with Crippen molar-refractivity contribution < 1.29 is 23.9 Å². The number of rotatable bonds is 9. The Labute approximate surface area is 222 Å². The first-order chi connectivity index (χ1) is 18.5. The van der Waals surface area contributed by atoms with Crippen LogP contribution in [0.25, 0.3) is 0 Å². The SMILES string of the molecule is O=C(CC[C@H]1NC(=O)c2cc(N3CCOCC3)c(NC(=O)C3CC3)cc2NC1=O)NCCC1=CCCCC1. The molecule has 2 aliphatic heterocycles. The Hall–Kier alpha value is -3.40. The molecule has 38 heavy (non-hydrogen) atoms. The molecule has 2 heterocycles. The number of nitrogens with one attached hydrogen (secondary N) is 4. The third-order valence-electron chi connectivity index (χ3n) is 7.63. The molecule has 4 amide bonds. The number of carbonyl (C=O) groups is 4. The molecule has 10 nitrogen and oxygen atoms in total. The molecule has 5 rings (SSSR count). The highest BCUT2D eigenvalue weighted by atomic mass is 16.5. The molecule has 1 aromatic carbocycles. The summed E-state index contributed by atoms with van der Waals surface area (Å²) in [6.07, 6.45) is 9.86. The van der Waals surface area contributed by atoms with Crippen molar-refractivity contribution in [3.63, 3.8) is 0 Å². The molecule has 1 saturated heterocycles.